The van der Waals surface area contributed by atoms with Crippen LogP contribution in [0.2, 0.25) is 0 Å². The summed E-state index contributed by atoms with van der Waals surface area (Å²) >= 11 is 1.38. The highest BCUT2D eigenvalue weighted by molar-refractivity contribution is 7.14. The lowest BCUT2D eigenvalue weighted by Crippen LogP contribution is -2.14. The smallest absolute Gasteiger partial charge is 0.230 e. The lowest BCUT2D eigenvalue weighted by molar-refractivity contribution is -0.115. The summed E-state index contributed by atoms with van der Waals surface area (Å²) in [6, 6.07) is 9.13. The lowest BCUT2D eigenvalue weighted by Gasteiger charge is -2.10. The summed E-state index contributed by atoms with van der Waals surface area (Å²) < 4.78 is 10.5. The minimum atomic E-state index is -0.165. The number of aromatic nitrogens is 2. The van der Waals surface area contributed by atoms with Crippen LogP contribution in [0.4, 0.5) is 5.13 Å². The van der Waals surface area contributed by atoms with Gasteiger partial charge in [0.1, 0.15) is 11.5 Å². The maximum Gasteiger partial charge on any atom is 0.230 e. The first-order valence-corrected chi connectivity index (χ1v) is 8.44. The highest BCUT2D eigenvalue weighted by Gasteiger charge is 2.12. The molecule has 0 aliphatic rings. The van der Waals surface area contributed by atoms with Crippen molar-refractivity contribution in [1.29, 1.82) is 0 Å². The molecule has 0 fully saturated rings. The summed E-state index contributed by atoms with van der Waals surface area (Å²) in [5, 5.41) is 5.28. The van der Waals surface area contributed by atoms with Gasteiger partial charge in [-0.15, -0.1) is 11.3 Å². The van der Waals surface area contributed by atoms with E-state index in [2.05, 4.69) is 15.3 Å². The molecule has 7 heteroatoms. The third kappa shape index (κ3) is 4.13. The number of rotatable bonds is 6. The van der Waals surface area contributed by atoms with Gasteiger partial charge in [-0.25, -0.2) is 4.98 Å². The van der Waals surface area contributed by atoms with E-state index in [4.69, 9.17) is 9.47 Å². The van der Waals surface area contributed by atoms with E-state index in [1.165, 1.54) is 11.3 Å². The molecule has 0 atom stereocenters. The van der Waals surface area contributed by atoms with Gasteiger partial charge in [-0.2, -0.15) is 0 Å². The van der Waals surface area contributed by atoms with Crippen molar-refractivity contribution in [3.8, 4) is 22.8 Å². The third-order valence-corrected chi connectivity index (χ3v) is 4.32. The number of pyridine rings is 1. The van der Waals surface area contributed by atoms with Crippen molar-refractivity contribution in [2.75, 3.05) is 19.5 Å². The Kier molecular flexibility index (Phi) is 5.25. The zero-order valence-corrected chi connectivity index (χ0v) is 14.7. The number of nitrogens with zero attached hydrogens (tertiary/aromatic N) is 2. The first-order chi connectivity index (χ1) is 12.2. The topological polar surface area (TPSA) is 73.3 Å². The fourth-order valence-corrected chi connectivity index (χ4v) is 3.08. The van der Waals surface area contributed by atoms with Gasteiger partial charge in [0, 0.05) is 28.9 Å². The Morgan fingerprint density at radius 1 is 1.16 bits per heavy atom. The normalized spacial score (nSPS) is 10.3. The largest absolute Gasteiger partial charge is 0.497 e. The average Bonchev–Trinajstić information content (AvgIpc) is 3.10. The Balaban J connectivity index is 1.70. The Labute approximate surface area is 149 Å². The summed E-state index contributed by atoms with van der Waals surface area (Å²) in [5.74, 6) is 1.16. The maximum atomic E-state index is 12.3. The van der Waals surface area contributed by atoms with Crippen LogP contribution < -0.4 is 14.8 Å². The lowest BCUT2D eigenvalue weighted by atomic mass is 10.1. The predicted octanol–water partition coefficient (Wildman–Crippen LogP) is 3.40. The highest BCUT2D eigenvalue weighted by Crippen LogP contribution is 2.26. The van der Waals surface area contributed by atoms with E-state index in [1.54, 1.807) is 44.8 Å². The van der Waals surface area contributed by atoms with Crippen molar-refractivity contribution in [3.05, 3.63) is 53.7 Å². The molecule has 6 nitrogen and oxygen atoms in total. The van der Waals surface area contributed by atoms with Crippen LogP contribution in [-0.2, 0) is 11.2 Å². The number of benzene rings is 1. The van der Waals surface area contributed by atoms with Gasteiger partial charge in [0.25, 0.3) is 0 Å². The molecule has 3 aromatic rings. The van der Waals surface area contributed by atoms with Crippen molar-refractivity contribution in [1.82, 2.24) is 9.97 Å². The molecule has 0 aliphatic heterocycles. The molecule has 0 spiro atoms. The monoisotopic (exact) mass is 355 g/mol. The van der Waals surface area contributed by atoms with E-state index in [1.807, 2.05) is 17.5 Å². The Morgan fingerprint density at radius 3 is 2.68 bits per heavy atom. The molecular formula is C18H17N3O3S. The predicted molar refractivity (Wildman–Crippen MR) is 97.2 cm³/mol. The number of nitrogens with one attached hydrogen (secondary N) is 1. The number of thiazole rings is 1. The standard InChI is InChI=1S/C18H17N3O3S/c1-23-14-3-4-16(24-2)13(9-14)10-17(22)21-18-20-15(11-25-18)12-5-7-19-8-6-12/h3-9,11H,10H2,1-2H3,(H,20,21,22). The van der Waals surface area contributed by atoms with Crippen LogP contribution in [0, 0.1) is 0 Å². The van der Waals surface area contributed by atoms with E-state index in [-0.39, 0.29) is 12.3 Å². The second-order valence-corrected chi connectivity index (χ2v) is 6.03. The van der Waals surface area contributed by atoms with Crippen molar-refractivity contribution < 1.29 is 14.3 Å². The molecule has 0 bridgehead atoms. The number of ether oxygens (including phenoxy) is 2. The number of carbonyl (C=O) groups excluding carboxylic acids is 1. The zero-order valence-electron chi connectivity index (χ0n) is 13.9. The molecule has 1 aromatic carbocycles. The van der Waals surface area contributed by atoms with Crippen molar-refractivity contribution in [3.63, 3.8) is 0 Å². The zero-order chi connectivity index (χ0) is 17.6. The Hall–Kier alpha value is -2.93. The maximum absolute atomic E-state index is 12.3. The van der Waals surface area contributed by atoms with Gasteiger partial charge >= 0.3 is 0 Å². The highest BCUT2D eigenvalue weighted by atomic mass is 32.1. The molecule has 0 unspecified atom stereocenters. The molecule has 0 saturated carbocycles. The number of hydrogen-bond acceptors (Lipinski definition) is 6. The molecule has 3 rings (SSSR count). The molecule has 25 heavy (non-hydrogen) atoms. The third-order valence-electron chi connectivity index (χ3n) is 3.57. The van der Waals surface area contributed by atoms with E-state index in [9.17, 15) is 4.79 Å². The van der Waals surface area contributed by atoms with Crippen molar-refractivity contribution >= 4 is 22.4 Å². The minimum Gasteiger partial charge on any atom is -0.497 e. The van der Waals surface area contributed by atoms with Gasteiger partial charge < -0.3 is 14.8 Å². The van der Waals surface area contributed by atoms with E-state index in [0.29, 0.717) is 16.6 Å². The molecule has 1 amide bonds. The summed E-state index contributed by atoms with van der Waals surface area (Å²) in [6.07, 6.45) is 3.59. The Bertz CT molecular complexity index is 865. The van der Waals surface area contributed by atoms with E-state index < -0.39 is 0 Å². The number of carbonyl (C=O) groups is 1. The summed E-state index contributed by atoms with van der Waals surface area (Å²) in [7, 11) is 3.16. The summed E-state index contributed by atoms with van der Waals surface area (Å²) in [5.41, 5.74) is 2.52. The molecule has 2 aromatic heterocycles. The van der Waals surface area contributed by atoms with Crippen LogP contribution in [0.1, 0.15) is 5.56 Å². The van der Waals surface area contributed by atoms with Crippen molar-refractivity contribution in [2.45, 2.75) is 6.42 Å². The van der Waals surface area contributed by atoms with Gasteiger partial charge in [-0.05, 0) is 30.3 Å². The quantitative estimate of drug-likeness (QED) is 0.733. The van der Waals surface area contributed by atoms with Gasteiger partial charge in [-0.1, -0.05) is 0 Å². The van der Waals surface area contributed by atoms with Gasteiger partial charge in [0.2, 0.25) is 5.91 Å². The molecule has 0 aliphatic carbocycles. The van der Waals surface area contributed by atoms with Crippen LogP contribution in [0.25, 0.3) is 11.3 Å². The summed E-state index contributed by atoms with van der Waals surface area (Å²) in [6.45, 7) is 0. The summed E-state index contributed by atoms with van der Waals surface area (Å²) in [4.78, 5) is 20.8. The molecule has 1 N–H and O–H groups in total. The van der Waals surface area contributed by atoms with Gasteiger partial charge in [0.05, 0.1) is 26.3 Å². The number of methoxy groups -OCH3 is 2. The Morgan fingerprint density at radius 2 is 1.96 bits per heavy atom. The van der Waals surface area contributed by atoms with Crippen LogP contribution in [0.5, 0.6) is 11.5 Å². The second-order valence-electron chi connectivity index (χ2n) is 5.18. The number of amides is 1. The van der Waals surface area contributed by atoms with Crippen LogP contribution in [0.3, 0.4) is 0 Å². The molecule has 128 valence electrons. The first-order valence-electron chi connectivity index (χ1n) is 7.56. The fraction of sp³-hybridized carbons (Fsp3) is 0.167. The van der Waals surface area contributed by atoms with Gasteiger partial charge in [-0.3, -0.25) is 9.78 Å². The first kappa shape index (κ1) is 16.9. The van der Waals surface area contributed by atoms with E-state index in [0.717, 1.165) is 16.8 Å². The van der Waals surface area contributed by atoms with Crippen molar-refractivity contribution in [2.24, 2.45) is 0 Å². The van der Waals surface area contributed by atoms with Gasteiger partial charge in [0.15, 0.2) is 5.13 Å². The molecule has 0 saturated heterocycles. The number of hydrogen-bond donors (Lipinski definition) is 1. The molecule has 0 radical (unpaired) electrons. The molecular weight excluding hydrogens is 338 g/mol. The number of anilines is 1. The fourth-order valence-electron chi connectivity index (χ4n) is 2.34. The van der Waals surface area contributed by atoms with Crippen LogP contribution >= 0.6 is 11.3 Å². The second kappa shape index (κ2) is 7.76. The van der Waals surface area contributed by atoms with Crippen LogP contribution in [0.15, 0.2) is 48.1 Å². The SMILES string of the molecule is COc1ccc(OC)c(CC(=O)Nc2nc(-c3ccncc3)cs2)c1. The van der Waals surface area contributed by atoms with E-state index >= 15 is 0 Å². The average molecular weight is 355 g/mol. The van der Waals surface area contributed by atoms with Crippen LogP contribution in [-0.4, -0.2) is 30.1 Å². The minimum absolute atomic E-state index is 0.165. The molecule has 2 heterocycles.